The number of aromatic nitrogens is 1. The van der Waals surface area contributed by atoms with Crippen LogP contribution in [0.1, 0.15) is 21.5 Å². The molecule has 0 saturated heterocycles. The highest BCUT2D eigenvalue weighted by atomic mass is 35.5. The summed E-state index contributed by atoms with van der Waals surface area (Å²) in [4.78, 5) is 17.7. The molecule has 21 heavy (non-hydrogen) atoms. The second-order valence-corrected chi connectivity index (χ2v) is 5.49. The lowest BCUT2D eigenvalue weighted by molar-refractivity contribution is 0.0827. The molecule has 1 N–H and O–H groups in total. The molecule has 1 amide bonds. The number of nitrogens with zero attached hydrogens (tertiary/aromatic N) is 2. The van der Waals surface area contributed by atoms with Crippen LogP contribution in [-0.4, -0.2) is 29.9 Å². The maximum atomic E-state index is 11.9. The Labute approximate surface area is 129 Å². The molecule has 0 aliphatic rings. The van der Waals surface area contributed by atoms with E-state index in [4.69, 9.17) is 11.6 Å². The predicted octanol–water partition coefficient (Wildman–Crippen LogP) is 3.36. The first-order chi connectivity index (χ1) is 9.97. The first kappa shape index (κ1) is 15.3. The number of carbonyl (C=O) groups excluding carboxylic acids is 1. The highest BCUT2D eigenvalue weighted by Crippen LogP contribution is 2.17. The fraction of sp³-hybridized carbons (Fsp3) is 0.250. The monoisotopic (exact) mass is 303 g/mol. The van der Waals surface area contributed by atoms with E-state index in [9.17, 15) is 4.79 Å². The highest BCUT2D eigenvalue weighted by molar-refractivity contribution is 6.30. The summed E-state index contributed by atoms with van der Waals surface area (Å²) in [5, 5.41) is 3.96. The number of anilines is 1. The van der Waals surface area contributed by atoms with E-state index in [1.165, 1.54) is 0 Å². The van der Waals surface area contributed by atoms with Crippen LogP contribution >= 0.6 is 11.6 Å². The zero-order chi connectivity index (χ0) is 15.4. The third-order valence-electron chi connectivity index (χ3n) is 3.18. The Morgan fingerprint density at radius 1 is 1.29 bits per heavy atom. The molecule has 0 fully saturated rings. The SMILES string of the molecule is Cc1cc(Cl)ccc1CNc1cc(C(=O)N(C)C)ccn1. The Morgan fingerprint density at radius 3 is 2.71 bits per heavy atom. The third kappa shape index (κ3) is 3.95. The Kier molecular flexibility index (Phi) is 4.81. The van der Waals surface area contributed by atoms with Crippen molar-refractivity contribution in [2.75, 3.05) is 19.4 Å². The fourth-order valence-corrected chi connectivity index (χ4v) is 2.19. The first-order valence-corrected chi connectivity index (χ1v) is 7.02. The van der Waals surface area contributed by atoms with Gasteiger partial charge in [-0.25, -0.2) is 4.98 Å². The van der Waals surface area contributed by atoms with Gasteiger partial charge in [0.25, 0.3) is 5.91 Å². The number of halogens is 1. The number of aryl methyl sites for hydroxylation is 1. The summed E-state index contributed by atoms with van der Waals surface area (Å²) in [7, 11) is 3.46. The number of nitrogens with one attached hydrogen (secondary N) is 1. The minimum Gasteiger partial charge on any atom is -0.366 e. The molecule has 0 atom stereocenters. The van der Waals surface area contributed by atoms with Gasteiger partial charge in [-0.1, -0.05) is 17.7 Å². The average molecular weight is 304 g/mol. The largest absolute Gasteiger partial charge is 0.366 e. The van der Waals surface area contributed by atoms with Crippen molar-refractivity contribution in [1.82, 2.24) is 9.88 Å². The van der Waals surface area contributed by atoms with E-state index in [0.717, 1.165) is 16.1 Å². The van der Waals surface area contributed by atoms with Crippen molar-refractivity contribution in [3.05, 3.63) is 58.2 Å². The molecular weight excluding hydrogens is 286 g/mol. The minimum atomic E-state index is -0.0388. The van der Waals surface area contributed by atoms with Crippen LogP contribution < -0.4 is 5.32 Å². The smallest absolute Gasteiger partial charge is 0.253 e. The van der Waals surface area contributed by atoms with Crippen LogP contribution in [0.25, 0.3) is 0 Å². The van der Waals surface area contributed by atoms with E-state index in [-0.39, 0.29) is 5.91 Å². The van der Waals surface area contributed by atoms with Crippen LogP contribution in [0.4, 0.5) is 5.82 Å². The van der Waals surface area contributed by atoms with Gasteiger partial charge in [-0.3, -0.25) is 4.79 Å². The van der Waals surface area contributed by atoms with Gasteiger partial charge in [0, 0.05) is 37.4 Å². The van der Waals surface area contributed by atoms with Gasteiger partial charge in [-0.15, -0.1) is 0 Å². The quantitative estimate of drug-likeness (QED) is 0.942. The lowest BCUT2D eigenvalue weighted by Crippen LogP contribution is -2.21. The van der Waals surface area contributed by atoms with Gasteiger partial charge in [-0.2, -0.15) is 0 Å². The van der Waals surface area contributed by atoms with E-state index in [0.29, 0.717) is 17.9 Å². The zero-order valence-electron chi connectivity index (χ0n) is 12.4. The molecule has 2 aromatic rings. The van der Waals surface area contributed by atoms with Gasteiger partial charge in [0.2, 0.25) is 0 Å². The average Bonchev–Trinajstić information content (AvgIpc) is 2.45. The normalized spacial score (nSPS) is 10.3. The van der Waals surface area contributed by atoms with Gasteiger partial charge in [0.1, 0.15) is 5.82 Å². The van der Waals surface area contributed by atoms with E-state index in [1.807, 2.05) is 25.1 Å². The molecule has 0 saturated carbocycles. The number of benzene rings is 1. The molecule has 110 valence electrons. The van der Waals surface area contributed by atoms with Crippen molar-refractivity contribution in [3.8, 4) is 0 Å². The topological polar surface area (TPSA) is 45.2 Å². The molecule has 0 aliphatic heterocycles. The van der Waals surface area contributed by atoms with Gasteiger partial charge in [0.15, 0.2) is 0 Å². The number of hydrogen-bond donors (Lipinski definition) is 1. The molecule has 2 rings (SSSR count). The van der Waals surface area contributed by atoms with E-state index in [2.05, 4.69) is 10.3 Å². The zero-order valence-corrected chi connectivity index (χ0v) is 13.1. The summed E-state index contributed by atoms with van der Waals surface area (Å²) < 4.78 is 0. The van der Waals surface area contributed by atoms with Crippen LogP contribution in [0.2, 0.25) is 5.02 Å². The van der Waals surface area contributed by atoms with Crippen molar-refractivity contribution in [1.29, 1.82) is 0 Å². The number of amides is 1. The van der Waals surface area contributed by atoms with Crippen LogP contribution in [0.15, 0.2) is 36.5 Å². The Hall–Kier alpha value is -2.07. The summed E-state index contributed by atoms with van der Waals surface area (Å²) >= 11 is 5.94. The maximum absolute atomic E-state index is 11.9. The Morgan fingerprint density at radius 2 is 2.05 bits per heavy atom. The summed E-state index contributed by atoms with van der Waals surface area (Å²) in [5.41, 5.74) is 2.88. The summed E-state index contributed by atoms with van der Waals surface area (Å²) in [5.74, 6) is 0.639. The van der Waals surface area contributed by atoms with Crippen molar-refractivity contribution in [2.45, 2.75) is 13.5 Å². The molecule has 1 aromatic heterocycles. The van der Waals surface area contributed by atoms with Crippen LogP contribution in [0.5, 0.6) is 0 Å². The van der Waals surface area contributed by atoms with Crippen LogP contribution in [0.3, 0.4) is 0 Å². The lowest BCUT2D eigenvalue weighted by atomic mass is 10.1. The number of hydrogen-bond acceptors (Lipinski definition) is 3. The first-order valence-electron chi connectivity index (χ1n) is 6.64. The van der Waals surface area contributed by atoms with E-state index >= 15 is 0 Å². The van der Waals surface area contributed by atoms with Gasteiger partial charge in [-0.05, 0) is 42.3 Å². The second-order valence-electron chi connectivity index (χ2n) is 5.05. The molecule has 4 nitrogen and oxygen atoms in total. The van der Waals surface area contributed by atoms with Gasteiger partial charge in [0.05, 0.1) is 0 Å². The van der Waals surface area contributed by atoms with Crippen molar-refractivity contribution in [3.63, 3.8) is 0 Å². The molecule has 0 unspecified atom stereocenters. The molecule has 0 bridgehead atoms. The fourth-order valence-electron chi connectivity index (χ4n) is 1.96. The van der Waals surface area contributed by atoms with Crippen molar-refractivity contribution < 1.29 is 4.79 Å². The van der Waals surface area contributed by atoms with Gasteiger partial charge < -0.3 is 10.2 Å². The Bertz CT molecular complexity index is 656. The maximum Gasteiger partial charge on any atom is 0.253 e. The molecular formula is C16H18ClN3O. The third-order valence-corrected chi connectivity index (χ3v) is 3.41. The van der Waals surface area contributed by atoms with Crippen LogP contribution in [-0.2, 0) is 6.54 Å². The minimum absolute atomic E-state index is 0.0388. The second kappa shape index (κ2) is 6.59. The number of rotatable bonds is 4. The van der Waals surface area contributed by atoms with Crippen LogP contribution in [0, 0.1) is 6.92 Å². The number of carbonyl (C=O) groups is 1. The molecule has 1 aromatic carbocycles. The summed E-state index contributed by atoms with van der Waals surface area (Å²) in [6.45, 7) is 2.65. The lowest BCUT2D eigenvalue weighted by Gasteiger charge is -2.12. The van der Waals surface area contributed by atoms with Crippen molar-refractivity contribution in [2.24, 2.45) is 0 Å². The molecule has 5 heteroatoms. The molecule has 0 aliphatic carbocycles. The number of pyridine rings is 1. The highest BCUT2D eigenvalue weighted by Gasteiger charge is 2.09. The van der Waals surface area contributed by atoms with E-state index < -0.39 is 0 Å². The summed E-state index contributed by atoms with van der Waals surface area (Å²) in [6.07, 6.45) is 1.63. The molecule has 1 heterocycles. The Balaban J connectivity index is 2.10. The van der Waals surface area contributed by atoms with E-state index in [1.54, 1.807) is 37.3 Å². The van der Waals surface area contributed by atoms with Crippen molar-refractivity contribution >= 4 is 23.3 Å². The molecule has 0 radical (unpaired) electrons. The molecule has 0 spiro atoms. The summed E-state index contributed by atoms with van der Waals surface area (Å²) in [6, 6.07) is 9.25. The predicted molar refractivity (Wildman–Crippen MR) is 85.8 cm³/mol. The standard InChI is InChI=1S/C16H18ClN3O/c1-11-8-14(17)5-4-13(11)10-19-15-9-12(6-7-18-15)16(21)20(2)3/h4-9H,10H2,1-3H3,(H,18,19). The van der Waals surface area contributed by atoms with Gasteiger partial charge >= 0.3 is 0 Å².